The molecule has 1 aromatic heterocycles. The molecule has 1 amide bonds. The van der Waals surface area contributed by atoms with Crippen molar-refractivity contribution < 1.29 is 14.7 Å². The third-order valence-corrected chi connectivity index (χ3v) is 5.44. The van der Waals surface area contributed by atoms with Crippen LogP contribution in [0.4, 0.5) is 0 Å². The summed E-state index contributed by atoms with van der Waals surface area (Å²) in [4.78, 5) is 38.8. The summed E-state index contributed by atoms with van der Waals surface area (Å²) >= 11 is 6.62. The monoisotopic (exact) mass is 322 g/mol. The Kier molecular flexibility index (Phi) is 3.42. The van der Waals surface area contributed by atoms with Gasteiger partial charge in [0.05, 0.1) is 28.2 Å². The lowest BCUT2D eigenvalue weighted by atomic mass is 10.0. The minimum absolute atomic E-state index is 0.0255. The molecule has 3 heterocycles. The number of amides is 1. The molecule has 6 nitrogen and oxygen atoms in total. The van der Waals surface area contributed by atoms with E-state index >= 15 is 0 Å². The Hall–Kier alpha value is -1.93. The number of carbonyl (C=O) groups is 2. The first kappa shape index (κ1) is 14.0. The number of carboxylic acids is 1. The van der Waals surface area contributed by atoms with Crippen molar-refractivity contribution in [2.24, 2.45) is 0 Å². The zero-order valence-electron chi connectivity index (χ0n) is 10.6. The molecule has 1 unspecified atom stereocenters. The van der Waals surface area contributed by atoms with E-state index < -0.39 is 11.2 Å². The number of nitrogens with one attached hydrogen (secondary N) is 1. The summed E-state index contributed by atoms with van der Waals surface area (Å²) in [6.45, 7) is 0. The smallest absolute Gasteiger partial charge is 0.334 e. The lowest BCUT2D eigenvalue weighted by Crippen LogP contribution is -2.52. The SMILES string of the molecule is O=C(O)C1=CN2C(=O)C[C@@H]2SC1C(=S)c1ccc[nH]c1=O. The molecule has 2 atom stereocenters. The summed E-state index contributed by atoms with van der Waals surface area (Å²) in [6, 6.07) is 3.21. The van der Waals surface area contributed by atoms with E-state index in [4.69, 9.17) is 12.2 Å². The van der Waals surface area contributed by atoms with Gasteiger partial charge in [0.15, 0.2) is 0 Å². The van der Waals surface area contributed by atoms with Gasteiger partial charge in [0.25, 0.3) is 5.56 Å². The third kappa shape index (κ3) is 2.30. The number of thioether (sulfide) groups is 1. The maximum Gasteiger partial charge on any atom is 0.334 e. The molecule has 0 aliphatic carbocycles. The van der Waals surface area contributed by atoms with E-state index in [0.29, 0.717) is 6.42 Å². The Balaban J connectivity index is 1.99. The van der Waals surface area contributed by atoms with Crippen LogP contribution in [-0.4, -0.2) is 42.4 Å². The Labute approximate surface area is 128 Å². The van der Waals surface area contributed by atoms with Crippen molar-refractivity contribution in [1.82, 2.24) is 9.88 Å². The summed E-state index contributed by atoms with van der Waals surface area (Å²) in [5.41, 5.74) is -0.0336. The zero-order valence-corrected chi connectivity index (χ0v) is 12.2. The Morgan fingerprint density at radius 1 is 1.48 bits per heavy atom. The molecule has 0 aromatic carbocycles. The number of fused-ring (bicyclic) bond motifs is 1. The van der Waals surface area contributed by atoms with Gasteiger partial charge in [-0.15, -0.1) is 11.8 Å². The summed E-state index contributed by atoms with van der Waals surface area (Å²) in [7, 11) is 0. The normalized spacial score (nSPS) is 23.9. The highest BCUT2D eigenvalue weighted by Gasteiger charge is 2.44. The first-order valence-electron chi connectivity index (χ1n) is 6.12. The van der Waals surface area contributed by atoms with Crippen LogP contribution in [0.2, 0.25) is 0 Å². The number of pyridine rings is 1. The third-order valence-electron chi connectivity index (χ3n) is 3.37. The second-order valence-electron chi connectivity index (χ2n) is 4.64. The van der Waals surface area contributed by atoms with Crippen LogP contribution in [0.15, 0.2) is 34.9 Å². The summed E-state index contributed by atoms with van der Waals surface area (Å²) in [6.07, 6.45) is 3.19. The lowest BCUT2D eigenvalue weighted by Gasteiger charge is -2.43. The molecule has 1 aromatic rings. The largest absolute Gasteiger partial charge is 0.478 e. The molecule has 0 bridgehead atoms. The minimum Gasteiger partial charge on any atom is -0.478 e. The van der Waals surface area contributed by atoms with E-state index in [-0.39, 0.29) is 32.8 Å². The average Bonchev–Trinajstić information content (AvgIpc) is 2.45. The Morgan fingerprint density at radius 2 is 2.24 bits per heavy atom. The van der Waals surface area contributed by atoms with Gasteiger partial charge in [-0.2, -0.15) is 0 Å². The van der Waals surface area contributed by atoms with Crippen molar-refractivity contribution in [2.45, 2.75) is 17.0 Å². The van der Waals surface area contributed by atoms with E-state index in [9.17, 15) is 19.5 Å². The number of nitrogens with zero attached hydrogens (tertiary/aromatic N) is 1. The molecule has 108 valence electrons. The molecule has 3 rings (SSSR count). The number of aromatic amines is 1. The minimum atomic E-state index is -1.14. The van der Waals surface area contributed by atoms with Crippen LogP contribution in [0, 0.1) is 0 Å². The van der Waals surface area contributed by atoms with Crippen LogP contribution in [0.5, 0.6) is 0 Å². The van der Waals surface area contributed by atoms with Gasteiger partial charge in [-0.05, 0) is 12.1 Å². The fraction of sp³-hybridized carbons (Fsp3) is 0.231. The van der Waals surface area contributed by atoms with E-state index in [2.05, 4.69) is 4.98 Å². The Bertz CT molecular complexity index is 740. The Morgan fingerprint density at radius 3 is 2.86 bits per heavy atom. The van der Waals surface area contributed by atoms with Crippen LogP contribution in [0.25, 0.3) is 0 Å². The van der Waals surface area contributed by atoms with Gasteiger partial charge in [-0.3, -0.25) is 9.59 Å². The molecule has 0 spiro atoms. The molecule has 2 aliphatic heterocycles. The van der Waals surface area contributed by atoms with Gasteiger partial charge in [0.2, 0.25) is 5.91 Å². The van der Waals surface area contributed by atoms with Gasteiger partial charge in [-0.1, -0.05) is 12.2 Å². The molecule has 0 radical (unpaired) electrons. The number of aliphatic carboxylic acids is 1. The zero-order chi connectivity index (χ0) is 15.1. The number of rotatable bonds is 3. The van der Waals surface area contributed by atoms with Crippen LogP contribution in [0.1, 0.15) is 12.0 Å². The molecule has 1 saturated heterocycles. The van der Waals surface area contributed by atoms with Crippen molar-refractivity contribution >= 4 is 40.7 Å². The first-order chi connectivity index (χ1) is 9.99. The predicted octanol–water partition coefficient (Wildman–Crippen LogP) is 0.735. The van der Waals surface area contributed by atoms with E-state index in [1.165, 1.54) is 29.1 Å². The second-order valence-corrected chi connectivity index (χ2v) is 6.37. The number of thiocarbonyl (C=S) groups is 1. The summed E-state index contributed by atoms with van der Waals surface area (Å²) < 4.78 is 0. The average molecular weight is 322 g/mol. The maximum absolute atomic E-state index is 11.8. The maximum atomic E-state index is 11.8. The molecule has 0 saturated carbocycles. The second kappa shape index (κ2) is 5.12. The number of hydrogen-bond donors (Lipinski definition) is 2. The van der Waals surface area contributed by atoms with Crippen LogP contribution in [-0.2, 0) is 9.59 Å². The van der Waals surface area contributed by atoms with Gasteiger partial charge in [-0.25, -0.2) is 4.79 Å². The molecule has 1 fully saturated rings. The fourth-order valence-electron chi connectivity index (χ4n) is 2.25. The highest BCUT2D eigenvalue weighted by molar-refractivity contribution is 8.02. The van der Waals surface area contributed by atoms with Gasteiger partial charge < -0.3 is 15.0 Å². The number of β-lactam (4-membered cyclic amide) rings is 1. The standard InChI is InChI=1S/C13H10N2O4S2/c16-8-4-9-15(8)5-7(13(18)19)11(21-9)10(20)6-2-1-3-14-12(6)17/h1-3,5,9,11H,4H2,(H,14,17)(H,18,19)/t9-,11?/m0/s1. The molecule has 2 aliphatic rings. The number of hydrogen-bond acceptors (Lipinski definition) is 5. The highest BCUT2D eigenvalue weighted by Crippen LogP contribution is 2.41. The van der Waals surface area contributed by atoms with Gasteiger partial charge in [0.1, 0.15) is 0 Å². The number of aromatic nitrogens is 1. The summed E-state index contributed by atoms with van der Waals surface area (Å²) in [5.74, 6) is -1.24. The van der Waals surface area contributed by atoms with Crippen molar-refractivity contribution in [3.05, 3.63) is 46.0 Å². The van der Waals surface area contributed by atoms with Crippen molar-refractivity contribution in [1.29, 1.82) is 0 Å². The van der Waals surface area contributed by atoms with Crippen LogP contribution < -0.4 is 5.56 Å². The lowest BCUT2D eigenvalue weighted by molar-refractivity contribution is -0.137. The molecular weight excluding hydrogens is 312 g/mol. The molecular formula is C13H10N2O4S2. The first-order valence-corrected chi connectivity index (χ1v) is 7.47. The van der Waals surface area contributed by atoms with Crippen LogP contribution in [0.3, 0.4) is 0 Å². The number of carboxylic acid groups (broad SMARTS) is 1. The van der Waals surface area contributed by atoms with Crippen LogP contribution >= 0.6 is 24.0 Å². The van der Waals surface area contributed by atoms with Crippen molar-refractivity contribution in [3.63, 3.8) is 0 Å². The van der Waals surface area contributed by atoms with E-state index in [1.807, 2.05) is 0 Å². The highest BCUT2D eigenvalue weighted by atomic mass is 32.2. The van der Waals surface area contributed by atoms with E-state index in [1.54, 1.807) is 12.1 Å². The molecule has 2 N–H and O–H groups in total. The van der Waals surface area contributed by atoms with Crippen molar-refractivity contribution in [3.8, 4) is 0 Å². The predicted molar refractivity (Wildman–Crippen MR) is 81.1 cm³/mol. The quantitative estimate of drug-likeness (QED) is 0.484. The number of H-pyrrole nitrogens is 1. The molecule has 8 heteroatoms. The molecule has 21 heavy (non-hydrogen) atoms. The van der Waals surface area contributed by atoms with Gasteiger partial charge in [0, 0.05) is 17.3 Å². The summed E-state index contributed by atoms with van der Waals surface area (Å²) in [5, 5.41) is 8.60. The van der Waals surface area contributed by atoms with E-state index in [0.717, 1.165) is 0 Å². The topological polar surface area (TPSA) is 90.5 Å². The fourth-order valence-corrected chi connectivity index (χ4v) is 4.12. The number of carbonyl (C=O) groups excluding carboxylic acids is 1. The van der Waals surface area contributed by atoms with Gasteiger partial charge >= 0.3 is 5.97 Å². The van der Waals surface area contributed by atoms with Crippen molar-refractivity contribution in [2.75, 3.05) is 0 Å².